The highest BCUT2D eigenvalue weighted by Gasteiger charge is 2.18. The third-order valence-electron chi connectivity index (χ3n) is 3.86. The van der Waals surface area contributed by atoms with Crippen LogP contribution in [0.5, 0.6) is 0 Å². The molecule has 2 atom stereocenters. The molecule has 0 aliphatic carbocycles. The predicted octanol–water partition coefficient (Wildman–Crippen LogP) is 2.27. The lowest BCUT2D eigenvalue weighted by molar-refractivity contribution is 0.0740. The zero-order chi connectivity index (χ0) is 12.5. The molecule has 1 N–H and O–H groups in total. The first-order valence-electron chi connectivity index (χ1n) is 7.31. The van der Waals surface area contributed by atoms with Gasteiger partial charge in [0.1, 0.15) is 0 Å². The van der Waals surface area contributed by atoms with Crippen LogP contribution in [-0.2, 0) is 4.74 Å². The van der Waals surface area contributed by atoms with Crippen molar-refractivity contribution in [2.45, 2.75) is 58.1 Å². The van der Waals surface area contributed by atoms with Gasteiger partial charge in [-0.05, 0) is 52.2 Å². The van der Waals surface area contributed by atoms with Crippen molar-refractivity contribution in [3.63, 3.8) is 0 Å². The van der Waals surface area contributed by atoms with E-state index in [-0.39, 0.29) is 0 Å². The topological polar surface area (TPSA) is 24.5 Å². The summed E-state index contributed by atoms with van der Waals surface area (Å²) in [4.78, 5) is 2.54. The first kappa shape index (κ1) is 14.9. The van der Waals surface area contributed by atoms with Crippen LogP contribution >= 0.6 is 0 Å². The van der Waals surface area contributed by atoms with Gasteiger partial charge in [0.25, 0.3) is 0 Å². The van der Waals surface area contributed by atoms with E-state index in [0.29, 0.717) is 12.1 Å². The third kappa shape index (κ3) is 5.84. The van der Waals surface area contributed by atoms with Crippen molar-refractivity contribution >= 4 is 0 Å². The summed E-state index contributed by atoms with van der Waals surface area (Å²) in [5.74, 6) is 0. The highest BCUT2D eigenvalue weighted by Crippen LogP contribution is 2.13. The quantitative estimate of drug-likeness (QED) is 0.671. The Hall–Kier alpha value is -0.120. The Balaban J connectivity index is 2.13. The molecule has 0 spiro atoms. The van der Waals surface area contributed by atoms with Crippen molar-refractivity contribution in [1.29, 1.82) is 0 Å². The smallest absolute Gasteiger partial charge is 0.0702 e. The monoisotopic (exact) mass is 242 g/mol. The van der Waals surface area contributed by atoms with E-state index in [4.69, 9.17) is 4.74 Å². The average molecular weight is 242 g/mol. The molecule has 0 radical (unpaired) electrons. The Bertz CT molecular complexity index is 177. The van der Waals surface area contributed by atoms with E-state index >= 15 is 0 Å². The fraction of sp³-hybridized carbons (Fsp3) is 1.00. The summed E-state index contributed by atoms with van der Waals surface area (Å²) in [7, 11) is 2.07. The zero-order valence-electron chi connectivity index (χ0n) is 11.9. The number of hydrogen-bond acceptors (Lipinski definition) is 3. The van der Waals surface area contributed by atoms with Gasteiger partial charge >= 0.3 is 0 Å². The molecule has 0 amide bonds. The van der Waals surface area contributed by atoms with Crippen LogP contribution in [0.25, 0.3) is 0 Å². The fourth-order valence-electron chi connectivity index (χ4n) is 2.57. The van der Waals surface area contributed by atoms with Gasteiger partial charge in [0, 0.05) is 19.2 Å². The Morgan fingerprint density at radius 2 is 2.24 bits per heavy atom. The predicted molar refractivity (Wildman–Crippen MR) is 73.5 cm³/mol. The minimum Gasteiger partial charge on any atom is -0.377 e. The molecule has 0 aromatic heterocycles. The molecule has 1 aliphatic heterocycles. The van der Waals surface area contributed by atoms with E-state index in [9.17, 15) is 0 Å². The molecule has 0 saturated carbocycles. The van der Waals surface area contributed by atoms with E-state index in [0.717, 1.165) is 19.7 Å². The number of likely N-dealkylation sites (N-methyl/N-ethyl adjacent to an activating group) is 1. The van der Waals surface area contributed by atoms with Crippen LogP contribution in [0, 0.1) is 0 Å². The summed E-state index contributed by atoms with van der Waals surface area (Å²) in [6, 6.07) is 0.691. The number of ether oxygens (including phenoxy) is 1. The Morgan fingerprint density at radius 3 is 2.76 bits per heavy atom. The van der Waals surface area contributed by atoms with Crippen molar-refractivity contribution in [3.8, 4) is 0 Å². The van der Waals surface area contributed by atoms with Crippen LogP contribution in [0.4, 0.5) is 0 Å². The van der Waals surface area contributed by atoms with Gasteiger partial charge in [-0.15, -0.1) is 0 Å². The molecule has 17 heavy (non-hydrogen) atoms. The molecule has 3 nitrogen and oxygen atoms in total. The number of hydrogen-bond donors (Lipinski definition) is 1. The van der Waals surface area contributed by atoms with Gasteiger partial charge in [-0.2, -0.15) is 0 Å². The van der Waals surface area contributed by atoms with Crippen LogP contribution < -0.4 is 5.32 Å². The first-order chi connectivity index (χ1) is 8.30. The van der Waals surface area contributed by atoms with Crippen molar-refractivity contribution < 1.29 is 4.74 Å². The number of rotatable bonds is 9. The van der Waals surface area contributed by atoms with E-state index < -0.39 is 0 Å². The second kappa shape index (κ2) is 8.90. The molecule has 0 bridgehead atoms. The van der Waals surface area contributed by atoms with Gasteiger partial charge in [-0.3, -0.25) is 0 Å². The van der Waals surface area contributed by atoms with Crippen LogP contribution in [0.2, 0.25) is 0 Å². The van der Waals surface area contributed by atoms with Crippen LogP contribution in [-0.4, -0.2) is 50.3 Å². The minimum absolute atomic E-state index is 0.501. The Labute approximate surface area is 107 Å². The second-order valence-electron chi connectivity index (χ2n) is 5.06. The van der Waals surface area contributed by atoms with Crippen LogP contribution in [0.15, 0.2) is 0 Å². The molecule has 3 heteroatoms. The molecular formula is C14H30N2O. The molecule has 0 aromatic carbocycles. The van der Waals surface area contributed by atoms with Gasteiger partial charge in [-0.25, -0.2) is 0 Å². The lowest BCUT2D eigenvalue weighted by Crippen LogP contribution is -2.34. The van der Waals surface area contributed by atoms with Gasteiger partial charge in [0.2, 0.25) is 0 Å². The van der Waals surface area contributed by atoms with Gasteiger partial charge in [0.05, 0.1) is 6.10 Å². The molecule has 2 unspecified atom stereocenters. The van der Waals surface area contributed by atoms with Crippen molar-refractivity contribution in [2.75, 3.05) is 33.3 Å². The molecule has 102 valence electrons. The summed E-state index contributed by atoms with van der Waals surface area (Å²) in [5.41, 5.74) is 0. The highest BCUT2D eigenvalue weighted by molar-refractivity contribution is 4.71. The molecule has 1 aliphatic rings. The van der Waals surface area contributed by atoms with Crippen LogP contribution in [0.1, 0.15) is 46.0 Å². The average Bonchev–Trinajstić information content (AvgIpc) is 2.86. The maximum Gasteiger partial charge on any atom is 0.0702 e. The van der Waals surface area contributed by atoms with Gasteiger partial charge in [-0.1, -0.05) is 13.8 Å². The SMILES string of the molecule is CCC(CCCN(CC)CC1CCCO1)NC. The van der Waals surface area contributed by atoms with Crippen LogP contribution in [0.3, 0.4) is 0 Å². The zero-order valence-corrected chi connectivity index (χ0v) is 11.9. The maximum atomic E-state index is 5.70. The number of nitrogens with one attached hydrogen (secondary N) is 1. The van der Waals surface area contributed by atoms with E-state index in [2.05, 4.69) is 31.1 Å². The van der Waals surface area contributed by atoms with Gasteiger partial charge < -0.3 is 15.0 Å². The lowest BCUT2D eigenvalue weighted by Gasteiger charge is -2.24. The summed E-state index contributed by atoms with van der Waals surface area (Å²) in [6.45, 7) is 8.98. The largest absolute Gasteiger partial charge is 0.377 e. The number of nitrogens with zero attached hydrogens (tertiary/aromatic N) is 1. The molecule has 1 fully saturated rings. The Morgan fingerprint density at radius 1 is 1.41 bits per heavy atom. The second-order valence-corrected chi connectivity index (χ2v) is 5.06. The minimum atomic E-state index is 0.501. The molecule has 1 rings (SSSR count). The first-order valence-corrected chi connectivity index (χ1v) is 7.31. The van der Waals surface area contributed by atoms with Gasteiger partial charge in [0.15, 0.2) is 0 Å². The third-order valence-corrected chi connectivity index (χ3v) is 3.86. The molecule has 1 saturated heterocycles. The molecular weight excluding hydrogens is 212 g/mol. The standard InChI is InChI=1S/C14H30N2O/c1-4-13(15-3)8-6-10-16(5-2)12-14-9-7-11-17-14/h13-15H,4-12H2,1-3H3. The van der Waals surface area contributed by atoms with Crippen molar-refractivity contribution in [3.05, 3.63) is 0 Å². The fourth-order valence-corrected chi connectivity index (χ4v) is 2.57. The van der Waals surface area contributed by atoms with Crippen molar-refractivity contribution in [2.24, 2.45) is 0 Å². The van der Waals surface area contributed by atoms with E-state index in [1.54, 1.807) is 0 Å². The van der Waals surface area contributed by atoms with Crippen molar-refractivity contribution in [1.82, 2.24) is 10.2 Å². The molecule has 1 heterocycles. The summed E-state index contributed by atoms with van der Waals surface area (Å²) >= 11 is 0. The maximum absolute atomic E-state index is 5.70. The normalized spacial score (nSPS) is 22.2. The summed E-state index contributed by atoms with van der Waals surface area (Å²) in [5, 5.41) is 3.37. The Kier molecular flexibility index (Phi) is 7.82. The van der Waals surface area contributed by atoms with E-state index in [1.165, 1.54) is 38.6 Å². The summed E-state index contributed by atoms with van der Waals surface area (Å²) < 4.78 is 5.70. The summed E-state index contributed by atoms with van der Waals surface area (Å²) in [6.07, 6.45) is 6.81. The van der Waals surface area contributed by atoms with E-state index in [1.807, 2.05) is 0 Å². The lowest BCUT2D eigenvalue weighted by atomic mass is 10.1. The molecule has 0 aromatic rings. The highest BCUT2D eigenvalue weighted by atomic mass is 16.5.